The number of carbonyl (C=O) groups excluding carboxylic acids is 1. The Balaban J connectivity index is 1.87. The lowest BCUT2D eigenvalue weighted by atomic mass is 10.1. The number of carbonyl (C=O) groups is 1. The van der Waals surface area contributed by atoms with Gasteiger partial charge in [0.05, 0.1) is 7.11 Å². The Morgan fingerprint density at radius 3 is 2.52 bits per heavy atom. The maximum atomic E-state index is 11.9. The minimum absolute atomic E-state index is 0.0194. The largest absolute Gasteiger partial charge is 0.497 e. The third-order valence-electron chi connectivity index (χ3n) is 3.36. The van der Waals surface area contributed by atoms with Crippen molar-refractivity contribution in [1.82, 2.24) is 0 Å². The summed E-state index contributed by atoms with van der Waals surface area (Å²) in [6.07, 6.45) is 1.12. The number of nitrogen functional groups attached to an aromatic ring is 1. The molecule has 0 radical (unpaired) electrons. The van der Waals surface area contributed by atoms with Crippen molar-refractivity contribution in [2.75, 3.05) is 18.2 Å². The number of amides is 1. The molecule has 4 nitrogen and oxygen atoms in total. The van der Waals surface area contributed by atoms with Crippen molar-refractivity contribution in [3.8, 4) is 5.75 Å². The van der Waals surface area contributed by atoms with Gasteiger partial charge in [0.1, 0.15) is 5.75 Å². The summed E-state index contributed by atoms with van der Waals surface area (Å²) in [6.45, 7) is 1.94. The smallest absolute Gasteiger partial charge is 0.224 e. The lowest BCUT2D eigenvalue weighted by Crippen LogP contribution is -2.12. The van der Waals surface area contributed by atoms with Crippen LogP contribution in [-0.2, 0) is 11.2 Å². The summed E-state index contributed by atoms with van der Waals surface area (Å²) in [4.78, 5) is 11.9. The molecule has 3 N–H and O–H groups in total. The normalized spacial score (nSPS) is 10.2. The molecule has 1 amide bonds. The molecule has 0 spiro atoms. The molecule has 0 aliphatic rings. The predicted octanol–water partition coefficient (Wildman–Crippen LogP) is 3.16. The van der Waals surface area contributed by atoms with Gasteiger partial charge in [-0.1, -0.05) is 18.2 Å². The molecule has 0 saturated carbocycles. The number of nitrogens with two attached hydrogens (primary N) is 1. The summed E-state index contributed by atoms with van der Waals surface area (Å²) in [5.74, 6) is 0.799. The molecule has 4 heteroatoms. The molecule has 0 aromatic heterocycles. The topological polar surface area (TPSA) is 64.3 Å². The molecule has 0 saturated heterocycles. The zero-order valence-corrected chi connectivity index (χ0v) is 12.3. The summed E-state index contributed by atoms with van der Waals surface area (Å²) >= 11 is 0. The van der Waals surface area contributed by atoms with Crippen molar-refractivity contribution in [2.45, 2.75) is 19.8 Å². The fraction of sp³-hybridized carbons (Fsp3) is 0.235. The Bertz CT molecular complexity index is 621. The van der Waals surface area contributed by atoms with Crippen LogP contribution in [0.25, 0.3) is 0 Å². The van der Waals surface area contributed by atoms with Crippen LogP contribution >= 0.6 is 0 Å². The number of hydrogen-bond donors (Lipinski definition) is 2. The molecule has 21 heavy (non-hydrogen) atoms. The summed E-state index contributed by atoms with van der Waals surface area (Å²) in [6, 6.07) is 13.3. The highest BCUT2D eigenvalue weighted by molar-refractivity contribution is 5.91. The second kappa shape index (κ2) is 6.79. The SMILES string of the molecule is COc1ccc(CCC(=O)Nc2ccc(C)c(N)c2)cc1. The highest BCUT2D eigenvalue weighted by Gasteiger charge is 2.04. The first-order valence-electron chi connectivity index (χ1n) is 6.87. The third kappa shape index (κ3) is 4.24. The van der Waals surface area contributed by atoms with Gasteiger partial charge in [-0.2, -0.15) is 0 Å². The van der Waals surface area contributed by atoms with Crippen molar-refractivity contribution < 1.29 is 9.53 Å². The van der Waals surface area contributed by atoms with E-state index in [2.05, 4.69) is 5.32 Å². The van der Waals surface area contributed by atoms with Crippen LogP contribution < -0.4 is 15.8 Å². The van der Waals surface area contributed by atoms with Gasteiger partial charge in [-0.25, -0.2) is 0 Å². The molecule has 110 valence electrons. The number of anilines is 2. The van der Waals surface area contributed by atoms with Crippen molar-refractivity contribution in [3.63, 3.8) is 0 Å². The Morgan fingerprint density at radius 1 is 1.19 bits per heavy atom. The van der Waals surface area contributed by atoms with Crippen LogP contribution in [0.5, 0.6) is 5.75 Å². The van der Waals surface area contributed by atoms with Gasteiger partial charge in [-0.05, 0) is 48.7 Å². The van der Waals surface area contributed by atoms with Crippen LogP contribution in [0.4, 0.5) is 11.4 Å². The van der Waals surface area contributed by atoms with E-state index in [9.17, 15) is 4.79 Å². The van der Waals surface area contributed by atoms with E-state index in [-0.39, 0.29) is 5.91 Å². The predicted molar refractivity (Wildman–Crippen MR) is 85.5 cm³/mol. The zero-order valence-electron chi connectivity index (χ0n) is 12.3. The lowest BCUT2D eigenvalue weighted by Gasteiger charge is -2.08. The first-order chi connectivity index (χ1) is 10.1. The van der Waals surface area contributed by atoms with E-state index in [1.807, 2.05) is 43.3 Å². The fourth-order valence-electron chi connectivity index (χ4n) is 1.99. The molecule has 0 fully saturated rings. The number of aryl methyl sites for hydroxylation is 2. The number of hydrogen-bond acceptors (Lipinski definition) is 3. The number of methoxy groups -OCH3 is 1. The molecule has 2 aromatic carbocycles. The van der Waals surface area contributed by atoms with E-state index in [0.717, 1.165) is 22.6 Å². The van der Waals surface area contributed by atoms with Crippen LogP contribution in [-0.4, -0.2) is 13.0 Å². The Kier molecular flexibility index (Phi) is 4.82. The van der Waals surface area contributed by atoms with Gasteiger partial charge in [-0.15, -0.1) is 0 Å². The molecule has 2 rings (SSSR count). The number of ether oxygens (including phenoxy) is 1. The van der Waals surface area contributed by atoms with Crippen LogP contribution in [0.2, 0.25) is 0 Å². The van der Waals surface area contributed by atoms with Crippen LogP contribution in [0.1, 0.15) is 17.5 Å². The van der Waals surface area contributed by atoms with E-state index in [1.54, 1.807) is 13.2 Å². The van der Waals surface area contributed by atoms with Gasteiger partial charge in [0.2, 0.25) is 5.91 Å². The lowest BCUT2D eigenvalue weighted by molar-refractivity contribution is -0.116. The molecule has 0 unspecified atom stereocenters. The van der Waals surface area contributed by atoms with E-state index in [4.69, 9.17) is 10.5 Å². The number of nitrogens with one attached hydrogen (secondary N) is 1. The maximum absolute atomic E-state index is 11.9. The van der Waals surface area contributed by atoms with Gasteiger partial charge >= 0.3 is 0 Å². The van der Waals surface area contributed by atoms with Crippen LogP contribution in [0.15, 0.2) is 42.5 Å². The van der Waals surface area contributed by atoms with E-state index >= 15 is 0 Å². The van der Waals surface area contributed by atoms with Gasteiger partial charge < -0.3 is 15.8 Å². The van der Waals surface area contributed by atoms with E-state index in [0.29, 0.717) is 18.5 Å². The van der Waals surface area contributed by atoms with Crippen LogP contribution in [0, 0.1) is 6.92 Å². The van der Waals surface area contributed by atoms with Gasteiger partial charge in [0, 0.05) is 17.8 Å². The molecule has 0 aliphatic heterocycles. The Morgan fingerprint density at radius 2 is 1.90 bits per heavy atom. The van der Waals surface area contributed by atoms with Gasteiger partial charge in [-0.3, -0.25) is 4.79 Å². The van der Waals surface area contributed by atoms with E-state index < -0.39 is 0 Å². The summed E-state index contributed by atoms with van der Waals surface area (Å²) in [5, 5.41) is 2.86. The monoisotopic (exact) mass is 284 g/mol. The molecule has 0 aliphatic carbocycles. The molecular weight excluding hydrogens is 264 g/mol. The van der Waals surface area contributed by atoms with Crippen molar-refractivity contribution in [2.24, 2.45) is 0 Å². The molecular formula is C17H20N2O2. The summed E-state index contributed by atoms with van der Waals surface area (Å²) in [5.41, 5.74) is 9.35. The quantitative estimate of drug-likeness (QED) is 0.829. The fourth-order valence-corrected chi connectivity index (χ4v) is 1.99. The minimum Gasteiger partial charge on any atom is -0.497 e. The highest BCUT2D eigenvalue weighted by atomic mass is 16.5. The van der Waals surface area contributed by atoms with Crippen molar-refractivity contribution in [1.29, 1.82) is 0 Å². The average molecular weight is 284 g/mol. The minimum atomic E-state index is -0.0194. The van der Waals surface area contributed by atoms with Gasteiger partial charge in [0.25, 0.3) is 0 Å². The highest BCUT2D eigenvalue weighted by Crippen LogP contribution is 2.17. The standard InChI is InChI=1S/C17H20N2O2/c1-12-3-7-14(11-16(12)18)19-17(20)10-6-13-4-8-15(21-2)9-5-13/h3-5,7-9,11H,6,10,18H2,1-2H3,(H,19,20). The van der Waals surface area contributed by atoms with Gasteiger partial charge in [0.15, 0.2) is 0 Å². The first kappa shape index (κ1) is 14.9. The van der Waals surface area contributed by atoms with Crippen molar-refractivity contribution >= 4 is 17.3 Å². The summed E-state index contributed by atoms with van der Waals surface area (Å²) < 4.78 is 5.10. The molecule has 2 aromatic rings. The zero-order chi connectivity index (χ0) is 15.2. The first-order valence-corrected chi connectivity index (χ1v) is 6.87. The molecule has 0 heterocycles. The third-order valence-corrected chi connectivity index (χ3v) is 3.36. The van der Waals surface area contributed by atoms with Crippen molar-refractivity contribution in [3.05, 3.63) is 53.6 Å². The Hall–Kier alpha value is -2.49. The molecule has 0 atom stereocenters. The summed E-state index contributed by atoms with van der Waals surface area (Å²) in [7, 11) is 1.63. The second-order valence-electron chi connectivity index (χ2n) is 4.97. The molecule has 0 bridgehead atoms. The van der Waals surface area contributed by atoms with E-state index in [1.165, 1.54) is 0 Å². The van der Waals surface area contributed by atoms with Crippen LogP contribution in [0.3, 0.4) is 0 Å². The Labute approximate surface area is 124 Å². The second-order valence-corrected chi connectivity index (χ2v) is 4.97. The number of benzene rings is 2. The maximum Gasteiger partial charge on any atom is 0.224 e. The number of rotatable bonds is 5. The average Bonchev–Trinajstić information content (AvgIpc) is 2.49.